The van der Waals surface area contributed by atoms with Crippen LogP contribution in [0.4, 0.5) is 0 Å². The number of hydrogen-bond acceptors (Lipinski definition) is 0. The predicted molar refractivity (Wildman–Crippen MR) is 138 cm³/mol. The second-order valence-electron chi connectivity index (χ2n) is 8.87. The first kappa shape index (κ1) is 28.8. The zero-order chi connectivity index (χ0) is 22.7. The molecular formula is C30H28Cl2HfSi-2. The second kappa shape index (κ2) is 13.0. The van der Waals surface area contributed by atoms with Crippen molar-refractivity contribution in [2.45, 2.75) is 39.8 Å². The molecule has 0 fully saturated rings. The van der Waals surface area contributed by atoms with Gasteiger partial charge in [0.15, 0.2) is 0 Å². The van der Waals surface area contributed by atoms with Crippen LogP contribution in [-0.4, -0.2) is 5.49 Å². The van der Waals surface area contributed by atoms with Gasteiger partial charge in [-0.05, 0) is 26.7 Å². The molecular weight excluding hydrogens is 638 g/mol. The number of rotatable bonds is 0. The molecule has 0 spiro atoms. The molecule has 0 N–H and O–H groups in total. The molecule has 0 radical (unpaired) electrons. The Bertz CT molecular complexity index is 1280. The summed E-state index contributed by atoms with van der Waals surface area (Å²) < 4.78 is 0. The number of halogens is 2. The van der Waals surface area contributed by atoms with Crippen LogP contribution in [0.15, 0.2) is 71.8 Å². The molecule has 6 rings (SSSR count). The molecule has 0 aliphatic heterocycles. The monoisotopic (exact) mass is 666 g/mol. The Kier molecular flexibility index (Phi) is 11.0. The molecule has 0 saturated carbocycles. The van der Waals surface area contributed by atoms with Crippen LogP contribution in [0.1, 0.15) is 36.1 Å². The Labute approximate surface area is 231 Å². The van der Waals surface area contributed by atoms with E-state index in [2.05, 4.69) is 112 Å². The quantitative estimate of drug-likeness (QED) is 0.199. The van der Waals surface area contributed by atoms with Crippen molar-refractivity contribution in [1.29, 1.82) is 0 Å². The van der Waals surface area contributed by atoms with Gasteiger partial charge in [0.05, 0.1) is 0 Å². The van der Waals surface area contributed by atoms with Gasteiger partial charge in [-0.15, -0.1) is 92.3 Å². The van der Waals surface area contributed by atoms with Gasteiger partial charge < -0.3 is 24.8 Å². The average Bonchev–Trinajstić information content (AvgIpc) is 3.35. The molecule has 4 heteroatoms. The Morgan fingerprint density at radius 3 is 1.41 bits per heavy atom. The molecule has 0 unspecified atom stereocenters. The van der Waals surface area contributed by atoms with E-state index in [1.807, 2.05) is 0 Å². The first-order valence-electron chi connectivity index (χ1n) is 11.1. The SMILES string of the molecule is CC1=Cc2c[c-]c3ccccc3c2C1.CC1=Cc2c[c-]c3ccccc3c2C1.C[Si](C)=[Hf+2].[Cl-].[Cl-]. The van der Waals surface area contributed by atoms with Gasteiger partial charge in [-0.25, -0.2) is 0 Å². The van der Waals surface area contributed by atoms with E-state index in [0.717, 1.165) is 12.8 Å². The first-order valence-corrected chi connectivity index (χ1v) is 19.0. The Morgan fingerprint density at radius 1 is 0.676 bits per heavy atom. The minimum absolute atomic E-state index is 0. The first-order chi connectivity index (χ1) is 15.4. The zero-order valence-corrected chi connectivity index (χ0v) is 26.2. The molecule has 0 bridgehead atoms. The van der Waals surface area contributed by atoms with E-state index in [1.54, 1.807) is 0 Å². The summed E-state index contributed by atoms with van der Waals surface area (Å²) in [5, 5.41) is 5.18. The molecule has 0 atom stereocenters. The van der Waals surface area contributed by atoms with Crippen molar-refractivity contribution in [3.8, 4) is 0 Å². The molecule has 0 saturated heterocycles. The number of benzene rings is 4. The molecule has 4 aromatic carbocycles. The minimum atomic E-state index is 0. The molecule has 4 aromatic rings. The van der Waals surface area contributed by atoms with E-state index in [9.17, 15) is 0 Å². The minimum Gasteiger partial charge on any atom is -1.00 e. The van der Waals surface area contributed by atoms with Gasteiger partial charge in [0.1, 0.15) is 0 Å². The van der Waals surface area contributed by atoms with Gasteiger partial charge in [-0.3, -0.25) is 0 Å². The fraction of sp³-hybridized carbons (Fsp3) is 0.200. The maximum atomic E-state index is 3.33. The Balaban J connectivity index is 0.000000198. The molecule has 34 heavy (non-hydrogen) atoms. The van der Waals surface area contributed by atoms with Crippen molar-refractivity contribution in [3.63, 3.8) is 0 Å². The normalized spacial score (nSPS) is 12.5. The second-order valence-corrected chi connectivity index (χ2v) is 21.6. The fourth-order valence-electron chi connectivity index (χ4n) is 4.38. The molecule has 0 heterocycles. The Hall–Kier alpha value is -1.45. The van der Waals surface area contributed by atoms with Gasteiger partial charge in [-0.2, -0.15) is 0 Å². The summed E-state index contributed by atoms with van der Waals surface area (Å²) in [7, 11) is 0. The van der Waals surface area contributed by atoms with E-state index in [-0.39, 0.29) is 30.3 Å². The molecule has 2 aliphatic rings. The molecule has 172 valence electrons. The van der Waals surface area contributed by atoms with E-state index in [0.29, 0.717) is 0 Å². The third-order valence-corrected chi connectivity index (χ3v) is 5.68. The summed E-state index contributed by atoms with van der Waals surface area (Å²) in [6, 6.07) is 27.8. The van der Waals surface area contributed by atoms with Gasteiger partial charge in [0.25, 0.3) is 0 Å². The summed E-state index contributed by atoms with van der Waals surface area (Å²) in [6.45, 7) is 9.04. The van der Waals surface area contributed by atoms with Crippen LogP contribution in [0.5, 0.6) is 0 Å². The van der Waals surface area contributed by atoms with E-state index >= 15 is 0 Å². The summed E-state index contributed by atoms with van der Waals surface area (Å²) in [6.07, 6.45) is 6.73. The number of allylic oxidation sites excluding steroid dienone is 2. The van der Waals surface area contributed by atoms with Crippen molar-refractivity contribution in [2.75, 3.05) is 0 Å². The van der Waals surface area contributed by atoms with Crippen molar-refractivity contribution in [2.24, 2.45) is 0 Å². The Morgan fingerprint density at radius 2 is 1.03 bits per heavy atom. The van der Waals surface area contributed by atoms with Crippen LogP contribution in [0.2, 0.25) is 13.1 Å². The number of hydrogen-bond donors (Lipinski definition) is 0. The van der Waals surface area contributed by atoms with Crippen molar-refractivity contribution in [3.05, 3.63) is 106 Å². The molecule has 0 nitrogen and oxygen atoms in total. The molecule has 0 amide bonds. The topological polar surface area (TPSA) is 0 Å². The van der Waals surface area contributed by atoms with Crippen LogP contribution >= 0.6 is 0 Å². The maximum absolute atomic E-state index is 3.33. The van der Waals surface area contributed by atoms with Crippen LogP contribution in [0.25, 0.3) is 33.7 Å². The van der Waals surface area contributed by atoms with E-state index in [1.165, 1.54) is 77.9 Å². The summed E-state index contributed by atoms with van der Waals surface area (Å²) in [5.41, 5.74) is 8.79. The van der Waals surface area contributed by atoms with Crippen molar-refractivity contribution >= 4 is 39.2 Å². The van der Waals surface area contributed by atoms with Crippen molar-refractivity contribution in [1.82, 2.24) is 0 Å². The van der Waals surface area contributed by atoms with Crippen LogP contribution in [0, 0.1) is 12.1 Å². The smallest absolute Gasteiger partial charge is 1.00 e. The van der Waals surface area contributed by atoms with Gasteiger partial charge >= 0.3 is 41.6 Å². The maximum Gasteiger partial charge on any atom is -1.00 e. The van der Waals surface area contributed by atoms with Gasteiger partial charge in [0, 0.05) is 0 Å². The average molecular weight is 666 g/mol. The van der Waals surface area contributed by atoms with E-state index in [4.69, 9.17) is 0 Å². The molecule has 0 aromatic heterocycles. The van der Waals surface area contributed by atoms with Crippen LogP contribution in [-0.2, 0) is 35.8 Å². The molecule has 2 aliphatic carbocycles. The third-order valence-electron chi connectivity index (χ3n) is 5.68. The summed E-state index contributed by atoms with van der Waals surface area (Å²) in [5.74, 6) is 0. The number of fused-ring (bicyclic) bond motifs is 6. The zero-order valence-electron chi connectivity index (χ0n) is 20.1. The summed E-state index contributed by atoms with van der Waals surface area (Å²) >= 11 is 1.45. The summed E-state index contributed by atoms with van der Waals surface area (Å²) in [4.78, 5) is 0. The van der Waals surface area contributed by atoms with Gasteiger partial charge in [-0.1, -0.05) is 47.6 Å². The largest absolute Gasteiger partial charge is 1.00 e. The predicted octanol–water partition coefficient (Wildman–Crippen LogP) is 1.99. The van der Waals surface area contributed by atoms with Crippen LogP contribution in [0.3, 0.4) is 0 Å². The van der Waals surface area contributed by atoms with Crippen molar-refractivity contribution < 1.29 is 47.8 Å². The standard InChI is InChI=1S/2C14H11.C2H6Si.2ClH.Hf/c2*1-10-8-12-7-6-11-4-2-3-5-13(11)14(12)9-10;1-3-2;;;/h2*2-5,7-8H,9H2,1H3;1-2H3;2*1H;/q2*-1;;;;+2/p-2. The van der Waals surface area contributed by atoms with Gasteiger partial charge in [0.2, 0.25) is 0 Å². The van der Waals surface area contributed by atoms with Crippen LogP contribution < -0.4 is 24.8 Å². The van der Waals surface area contributed by atoms with E-state index < -0.39 is 0 Å². The third kappa shape index (κ3) is 6.82. The fourth-order valence-corrected chi connectivity index (χ4v) is 4.38.